The van der Waals surface area contributed by atoms with E-state index < -0.39 is 21.8 Å². The van der Waals surface area contributed by atoms with E-state index in [1.54, 1.807) is 36.4 Å². The van der Waals surface area contributed by atoms with Crippen LogP contribution in [-0.2, 0) is 26.2 Å². The summed E-state index contributed by atoms with van der Waals surface area (Å²) in [5.41, 5.74) is 1.14. The molecule has 8 nitrogen and oxygen atoms in total. The molecule has 2 aromatic rings. The number of nitrogens with one attached hydrogen (secondary N) is 2. The van der Waals surface area contributed by atoms with Crippen molar-refractivity contribution in [2.75, 3.05) is 26.0 Å². The Morgan fingerprint density at radius 2 is 1.57 bits per heavy atom. The number of rotatable bonds is 7. The standard InChI is InChI=1S/C19H23N3O5S/c1-4-27-16-9-7-15(8-10-16)21-19(24)18(23)20-13-14-5-11-17(12-6-14)28(25,26)22(2)3/h5-12H,4,13H2,1-3H3,(H,20,23)(H,21,24). The lowest BCUT2D eigenvalue weighted by Gasteiger charge is -2.12. The van der Waals surface area contributed by atoms with Gasteiger partial charge < -0.3 is 15.4 Å². The lowest BCUT2D eigenvalue weighted by atomic mass is 10.2. The van der Waals surface area contributed by atoms with E-state index in [1.807, 2.05) is 6.92 Å². The van der Waals surface area contributed by atoms with E-state index in [-0.39, 0.29) is 11.4 Å². The van der Waals surface area contributed by atoms with Crippen LogP contribution in [-0.4, -0.2) is 45.2 Å². The number of hydrogen-bond acceptors (Lipinski definition) is 5. The second-order valence-electron chi connectivity index (χ2n) is 6.03. The van der Waals surface area contributed by atoms with Crippen molar-refractivity contribution in [2.24, 2.45) is 0 Å². The molecule has 0 bridgehead atoms. The van der Waals surface area contributed by atoms with E-state index in [0.717, 1.165) is 4.31 Å². The van der Waals surface area contributed by atoms with Crippen LogP contribution in [0.3, 0.4) is 0 Å². The summed E-state index contributed by atoms with van der Waals surface area (Å²) in [6, 6.07) is 12.7. The highest BCUT2D eigenvalue weighted by atomic mass is 32.2. The molecule has 2 N–H and O–H groups in total. The van der Waals surface area contributed by atoms with Gasteiger partial charge in [-0.15, -0.1) is 0 Å². The molecule has 0 saturated heterocycles. The molecule has 0 aliphatic heterocycles. The third kappa shape index (κ3) is 5.54. The Balaban J connectivity index is 1.90. The minimum Gasteiger partial charge on any atom is -0.494 e. The van der Waals surface area contributed by atoms with E-state index in [0.29, 0.717) is 23.6 Å². The highest BCUT2D eigenvalue weighted by Gasteiger charge is 2.17. The van der Waals surface area contributed by atoms with Crippen molar-refractivity contribution >= 4 is 27.5 Å². The maximum Gasteiger partial charge on any atom is 0.313 e. The average Bonchev–Trinajstić information content (AvgIpc) is 2.68. The molecule has 2 amide bonds. The molecule has 28 heavy (non-hydrogen) atoms. The van der Waals surface area contributed by atoms with E-state index >= 15 is 0 Å². The molecule has 0 saturated carbocycles. The maximum absolute atomic E-state index is 12.0. The van der Waals surface area contributed by atoms with Crippen LogP contribution in [0.4, 0.5) is 5.69 Å². The van der Waals surface area contributed by atoms with Gasteiger partial charge in [0.1, 0.15) is 5.75 Å². The SMILES string of the molecule is CCOc1ccc(NC(=O)C(=O)NCc2ccc(S(=O)(=O)N(C)C)cc2)cc1. The number of benzene rings is 2. The number of ether oxygens (including phenoxy) is 1. The monoisotopic (exact) mass is 405 g/mol. The molecule has 9 heteroatoms. The van der Waals surface area contributed by atoms with E-state index in [4.69, 9.17) is 4.74 Å². The molecule has 0 radical (unpaired) electrons. The second kappa shape index (κ2) is 9.34. The van der Waals surface area contributed by atoms with Crippen molar-refractivity contribution in [3.63, 3.8) is 0 Å². The molecule has 0 aliphatic carbocycles. The number of nitrogens with zero attached hydrogens (tertiary/aromatic N) is 1. The lowest BCUT2D eigenvalue weighted by Crippen LogP contribution is -2.34. The number of carbonyl (C=O) groups is 2. The van der Waals surface area contributed by atoms with Gasteiger partial charge in [0.15, 0.2) is 0 Å². The molecule has 0 fully saturated rings. The van der Waals surface area contributed by atoms with Gasteiger partial charge in [-0.1, -0.05) is 12.1 Å². The third-order valence-electron chi connectivity index (χ3n) is 3.78. The van der Waals surface area contributed by atoms with Gasteiger partial charge in [0.25, 0.3) is 0 Å². The van der Waals surface area contributed by atoms with Gasteiger partial charge >= 0.3 is 11.8 Å². The lowest BCUT2D eigenvalue weighted by molar-refractivity contribution is -0.136. The first kappa shape index (κ1) is 21.4. The van der Waals surface area contributed by atoms with Crippen LogP contribution < -0.4 is 15.4 Å². The molecule has 2 rings (SSSR count). The summed E-state index contributed by atoms with van der Waals surface area (Å²) in [6.45, 7) is 2.50. The molecule has 2 aromatic carbocycles. The zero-order chi connectivity index (χ0) is 20.7. The van der Waals surface area contributed by atoms with Crippen molar-refractivity contribution in [2.45, 2.75) is 18.4 Å². The van der Waals surface area contributed by atoms with Crippen molar-refractivity contribution < 1.29 is 22.7 Å². The van der Waals surface area contributed by atoms with Crippen molar-refractivity contribution in [1.82, 2.24) is 9.62 Å². The van der Waals surface area contributed by atoms with E-state index in [2.05, 4.69) is 10.6 Å². The minimum atomic E-state index is -3.51. The Hall–Kier alpha value is -2.91. The maximum atomic E-state index is 12.0. The summed E-state index contributed by atoms with van der Waals surface area (Å²) in [5.74, 6) is -0.917. The van der Waals surface area contributed by atoms with Crippen LogP contribution in [0, 0.1) is 0 Å². The molecule has 0 spiro atoms. The fourth-order valence-electron chi connectivity index (χ4n) is 2.24. The molecule has 0 heterocycles. The molecule has 0 aromatic heterocycles. The van der Waals surface area contributed by atoms with Gasteiger partial charge in [-0.05, 0) is 48.9 Å². The van der Waals surface area contributed by atoms with Crippen molar-refractivity contribution in [1.29, 1.82) is 0 Å². The summed E-state index contributed by atoms with van der Waals surface area (Å²) < 4.78 is 30.5. The predicted octanol–water partition coefficient (Wildman–Crippen LogP) is 1.59. The Morgan fingerprint density at radius 1 is 0.964 bits per heavy atom. The first-order chi connectivity index (χ1) is 13.2. The molecule has 0 aliphatic rings. The highest BCUT2D eigenvalue weighted by molar-refractivity contribution is 7.89. The first-order valence-corrected chi connectivity index (χ1v) is 10.0. The summed E-state index contributed by atoms with van der Waals surface area (Å²) in [5, 5.41) is 4.99. The number of hydrogen-bond donors (Lipinski definition) is 2. The summed E-state index contributed by atoms with van der Waals surface area (Å²) in [4.78, 5) is 24.1. The van der Waals surface area contributed by atoms with Crippen LogP contribution in [0.2, 0.25) is 0 Å². The Bertz CT molecular complexity index is 923. The fraction of sp³-hybridized carbons (Fsp3) is 0.263. The van der Waals surface area contributed by atoms with Crippen molar-refractivity contribution in [3.8, 4) is 5.75 Å². The van der Waals surface area contributed by atoms with Crippen molar-refractivity contribution in [3.05, 3.63) is 54.1 Å². The van der Waals surface area contributed by atoms with E-state index in [1.165, 1.54) is 26.2 Å². The Morgan fingerprint density at radius 3 is 2.11 bits per heavy atom. The minimum absolute atomic E-state index is 0.0951. The van der Waals surface area contributed by atoms with Crippen LogP contribution in [0.25, 0.3) is 0 Å². The molecule has 150 valence electrons. The average molecular weight is 405 g/mol. The van der Waals surface area contributed by atoms with Crippen LogP contribution in [0.15, 0.2) is 53.4 Å². The summed E-state index contributed by atoms with van der Waals surface area (Å²) in [6.07, 6.45) is 0. The number of carbonyl (C=O) groups excluding carboxylic acids is 2. The Kier molecular flexibility index (Phi) is 7.13. The van der Waals surface area contributed by atoms with Gasteiger partial charge in [-0.3, -0.25) is 9.59 Å². The van der Waals surface area contributed by atoms with Gasteiger partial charge in [0.05, 0.1) is 11.5 Å². The summed E-state index contributed by atoms with van der Waals surface area (Å²) in [7, 11) is -0.605. The zero-order valence-corrected chi connectivity index (χ0v) is 16.7. The van der Waals surface area contributed by atoms with Crippen LogP contribution in [0.5, 0.6) is 5.75 Å². The normalized spacial score (nSPS) is 11.1. The quantitative estimate of drug-likeness (QED) is 0.681. The molecule has 0 atom stereocenters. The molecular formula is C19H23N3O5S. The Labute approximate surface area is 164 Å². The van der Waals surface area contributed by atoms with Crippen LogP contribution >= 0.6 is 0 Å². The predicted molar refractivity (Wildman–Crippen MR) is 105 cm³/mol. The fourth-order valence-corrected chi connectivity index (χ4v) is 3.14. The highest BCUT2D eigenvalue weighted by Crippen LogP contribution is 2.16. The number of anilines is 1. The van der Waals surface area contributed by atoms with Crippen LogP contribution in [0.1, 0.15) is 12.5 Å². The third-order valence-corrected chi connectivity index (χ3v) is 5.61. The number of amides is 2. The van der Waals surface area contributed by atoms with Gasteiger partial charge in [0.2, 0.25) is 10.0 Å². The summed E-state index contributed by atoms with van der Waals surface area (Å²) >= 11 is 0. The topological polar surface area (TPSA) is 105 Å². The molecular weight excluding hydrogens is 382 g/mol. The largest absolute Gasteiger partial charge is 0.494 e. The van der Waals surface area contributed by atoms with Gasteiger partial charge in [-0.2, -0.15) is 0 Å². The van der Waals surface area contributed by atoms with Gasteiger partial charge in [0, 0.05) is 26.3 Å². The zero-order valence-electron chi connectivity index (χ0n) is 15.9. The smallest absolute Gasteiger partial charge is 0.313 e. The number of sulfonamides is 1. The first-order valence-electron chi connectivity index (χ1n) is 8.57. The second-order valence-corrected chi connectivity index (χ2v) is 8.18. The van der Waals surface area contributed by atoms with Gasteiger partial charge in [-0.25, -0.2) is 12.7 Å². The molecule has 0 unspecified atom stereocenters. The van der Waals surface area contributed by atoms with E-state index in [9.17, 15) is 18.0 Å².